The molecule has 1 aromatic rings. The lowest BCUT2D eigenvalue weighted by Crippen LogP contribution is -2.39. The summed E-state index contributed by atoms with van der Waals surface area (Å²) in [7, 11) is 8.67. The lowest BCUT2D eigenvalue weighted by Gasteiger charge is -2.23. The highest BCUT2D eigenvalue weighted by Crippen LogP contribution is 2.33. The fraction of sp³-hybridized carbons (Fsp3) is 0.500. The summed E-state index contributed by atoms with van der Waals surface area (Å²) in [6, 6.07) is 3.69. The number of methoxy groups -OCH3 is 3. The number of ether oxygens (including phenoxy) is 3. The second-order valence-corrected chi connectivity index (χ2v) is 5.26. The first-order valence-corrected chi connectivity index (χ1v) is 7.92. The third kappa shape index (κ3) is 5.37. The van der Waals surface area contributed by atoms with Gasteiger partial charge < -0.3 is 24.4 Å². The number of guanidine groups is 1. The van der Waals surface area contributed by atoms with Gasteiger partial charge in [0.25, 0.3) is 0 Å². The van der Waals surface area contributed by atoms with Gasteiger partial charge in [0.1, 0.15) is 17.2 Å². The SMILES string of the molecule is C=CCCCN(C)C(=NC)NCc1c(OC)cc(OC)cc1OC. The zero-order valence-electron chi connectivity index (χ0n) is 15.4. The summed E-state index contributed by atoms with van der Waals surface area (Å²) in [5.41, 5.74) is 0.918. The molecule has 0 unspecified atom stereocenters. The normalized spacial score (nSPS) is 11.0. The molecular formula is C18H29N3O3. The summed E-state index contributed by atoms with van der Waals surface area (Å²) < 4.78 is 16.2. The molecule has 0 aliphatic carbocycles. The summed E-state index contributed by atoms with van der Waals surface area (Å²) >= 11 is 0. The van der Waals surface area contributed by atoms with E-state index in [0.29, 0.717) is 23.8 Å². The van der Waals surface area contributed by atoms with Gasteiger partial charge in [0.15, 0.2) is 5.96 Å². The van der Waals surface area contributed by atoms with E-state index in [0.717, 1.165) is 30.9 Å². The molecule has 6 heteroatoms. The average Bonchev–Trinajstić information content (AvgIpc) is 2.61. The largest absolute Gasteiger partial charge is 0.496 e. The predicted octanol–water partition coefficient (Wildman–Crippen LogP) is 2.69. The van der Waals surface area contributed by atoms with Crippen molar-refractivity contribution in [1.29, 1.82) is 0 Å². The van der Waals surface area contributed by atoms with Crippen molar-refractivity contribution in [2.75, 3.05) is 42.0 Å². The van der Waals surface area contributed by atoms with Crippen LogP contribution in [0.15, 0.2) is 29.8 Å². The Hall–Kier alpha value is -2.37. The summed E-state index contributed by atoms with van der Waals surface area (Å²) in [6.45, 7) is 5.19. The number of unbranched alkanes of at least 4 members (excludes halogenated alkanes) is 1. The van der Waals surface area contributed by atoms with E-state index in [2.05, 4.69) is 21.8 Å². The highest BCUT2D eigenvalue weighted by atomic mass is 16.5. The number of allylic oxidation sites excluding steroid dienone is 1. The zero-order valence-corrected chi connectivity index (χ0v) is 15.4. The molecule has 0 heterocycles. The zero-order chi connectivity index (χ0) is 17.9. The van der Waals surface area contributed by atoms with Gasteiger partial charge in [0.05, 0.1) is 33.4 Å². The van der Waals surface area contributed by atoms with E-state index >= 15 is 0 Å². The molecule has 0 atom stereocenters. The minimum absolute atomic E-state index is 0.537. The van der Waals surface area contributed by atoms with Crippen LogP contribution in [0.2, 0.25) is 0 Å². The molecule has 0 spiro atoms. The Morgan fingerprint density at radius 2 is 1.83 bits per heavy atom. The summed E-state index contributed by atoms with van der Waals surface area (Å²) in [6.07, 6.45) is 3.95. The number of aliphatic imine (C=N–C) groups is 1. The molecule has 0 amide bonds. The second kappa shape index (κ2) is 10.4. The van der Waals surface area contributed by atoms with Gasteiger partial charge in [-0.05, 0) is 12.8 Å². The van der Waals surface area contributed by atoms with Gasteiger partial charge in [0.2, 0.25) is 0 Å². The van der Waals surface area contributed by atoms with E-state index in [9.17, 15) is 0 Å². The number of nitrogens with zero attached hydrogens (tertiary/aromatic N) is 2. The fourth-order valence-electron chi connectivity index (χ4n) is 2.38. The van der Waals surface area contributed by atoms with Crippen molar-refractivity contribution in [3.8, 4) is 17.2 Å². The van der Waals surface area contributed by atoms with E-state index in [1.807, 2.05) is 25.3 Å². The van der Waals surface area contributed by atoms with E-state index < -0.39 is 0 Å². The Labute approximate surface area is 145 Å². The van der Waals surface area contributed by atoms with Crippen LogP contribution in [0.3, 0.4) is 0 Å². The molecule has 1 N–H and O–H groups in total. The Morgan fingerprint density at radius 1 is 1.21 bits per heavy atom. The summed E-state index contributed by atoms with van der Waals surface area (Å²) in [5, 5.41) is 3.35. The number of hydrogen-bond acceptors (Lipinski definition) is 4. The smallest absolute Gasteiger partial charge is 0.193 e. The molecule has 0 aliphatic rings. The molecule has 0 aromatic heterocycles. The van der Waals surface area contributed by atoms with Crippen molar-refractivity contribution in [1.82, 2.24) is 10.2 Å². The topological polar surface area (TPSA) is 55.3 Å². The van der Waals surface area contributed by atoms with Crippen LogP contribution in [-0.4, -0.2) is 52.8 Å². The predicted molar refractivity (Wildman–Crippen MR) is 98.4 cm³/mol. The Bertz CT molecular complexity index is 533. The van der Waals surface area contributed by atoms with Crippen molar-refractivity contribution in [3.05, 3.63) is 30.4 Å². The molecule has 0 saturated heterocycles. The van der Waals surface area contributed by atoms with Crippen molar-refractivity contribution < 1.29 is 14.2 Å². The van der Waals surface area contributed by atoms with Crippen molar-refractivity contribution in [2.45, 2.75) is 19.4 Å². The van der Waals surface area contributed by atoms with Crippen molar-refractivity contribution in [2.24, 2.45) is 4.99 Å². The van der Waals surface area contributed by atoms with Crippen LogP contribution in [0.1, 0.15) is 18.4 Å². The van der Waals surface area contributed by atoms with Gasteiger partial charge in [-0.3, -0.25) is 4.99 Å². The average molecular weight is 335 g/mol. The van der Waals surface area contributed by atoms with Crippen LogP contribution in [-0.2, 0) is 6.54 Å². The van der Waals surface area contributed by atoms with Crippen LogP contribution in [0.25, 0.3) is 0 Å². The standard InChI is InChI=1S/C18H29N3O3/c1-7-8-9-10-21(3)18(19-2)20-13-15-16(23-5)11-14(22-4)12-17(15)24-6/h7,11-12H,1,8-10,13H2,2-6H3,(H,19,20). The maximum atomic E-state index is 5.47. The quantitative estimate of drug-likeness (QED) is 0.325. The fourth-order valence-corrected chi connectivity index (χ4v) is 2.38. The van der Waals surface area contributed by atoms with Crippen LogP contribution in [0.4, 0.5) is 0 Å². The molecule has 134 valence electrons. The van der Waals surface area contributed by atoms with Crippen LogP contribution < -0.4 is 19.5 Å². The molecule has 1 rings (SSSR count). The van der Waals surface area contributed by atoms with Crippen molar-refractivity contribution in [3.63, 3.8) is 0 Å². The lowest BCUT2D eigenvalue weighted by atomic mass is 10.1. The first-order valence-electron chi connectivity index (χ1n) is 7.92. The van der Waals surface area contributed by atoms with Gasteiger partial charge >= 0.3 is 0 Å². The van der Waals surface area contributed by atoms with E-state index in [1.165, 1.54) is 0 Å². The number of hydrogen-bond donors (Lipinski definition) is 1. The van der Waals surface area contributed by atoms with Gasteiger partial charge in [-0.1, -0.05) is 6.08 Å². The first kappa shape index (κ1) is 19.7. The van der Waals surface area contributed by atoms with Crippen molar-refractivity contribution >= 4 is 5.96 Å². The lowest BCUT2D eigenvalue weighted by molar-refractivity contribution is 0.367. The second-order valence-electron chi connectivity index (χ2n) is 5.26. The minimum Gasteiger partial charge on any atom is -0.496 e. The Balaban J connectivity index is 2.86. The Morgan fingerprint density at radius 3 is 2.29 bits per heavy atom. The third-order valence-corrected chi connectivity index (χ3v) is 3.72. The van der Waals surface area contributed by atoms with E-state index in [4.69, 9.17) is 14.2 Å². The molecule has 0 bridgehead atoms. The molecule has 0 aliphatic heterocycles. The Kier molecular flexibility index (Phi) is 8.54. The number of nitrogens with one attached hydrogen (secondary N) is 1. The highest BCUT2D eigenvalue weighted by Gasteiger charge is 2.14. The number of benzene rings is 1. The summed E-state index contributed by atoms with van der Waals surface area (Å²) in [5.74, 6) is 2.93. The maximum absolute atomic E-state index is 5.47. The third-order valence-electron chi connectivity index (χ3n) is 3.72. The molecule has 24 heavy (non-hydrogen) atoms. The van der Waals surface area contributed by atoms with Gasteiger partial charge in [-0.2, -0.15) is 0 Å². The van der Waals surface area contributed by atoms with Crippen LogP contribution >= 0.6 is 0 Å². The minimum atomic E-state index is 0.537. The highest BCUT2D eigenvalue weighted by molar-refractivity contribution is 5.79. The molecule has 0 radical (unpaired) electrons. The molecule has 0 fully saturated rings. The van der Waals surface area contributed by atoms with Gasteiger partial charge in [-0.15, -0.1) is 6.58 Å². The van der Waals surface area contributed by atoms with Gasteiger partial charge in [0, 0.05) is 32.8 Å². The first-order chi connectivity index (χ1) is 11.6. The van der Waals surface area contributed by atoms with Crippen LogP contribution in [0.5, 0.6) is 17.2 Å². The number of rotatable bonds is 9. The molecule has 0 saturated carbocycles. The van der Waals surface area contributed by atoms with Gasteiger partial charge in [-0.25, -0.2) is 0 Å². The molecular weight excluding hydrogens is 306 g/mol. The van der Waals surface area contributed by atoms with E-state index in [-0.39, 0.29) is 0 Å². The maximum Gasteiger partial charge on any atom is 0.193 e. The summed E-state index contributed by atoms with van der Waals surface area (Å²) in [4.78, 5) is 6.42. The molecule has 1 aromatic carbocycles. The monoisotopic (exact) mass is 335 g/mol. The van der Waals surface area contributed by atoms with Crippen LogP contribution in [0, 0.1) is 0 Å². The molecule has 6 nitrogen and oxygen atoms in total. The van der Waals surface area contributed by atoms with E-state index in [1.54, 1.807) is 28.4 Å².